The molecule has 0 aliphatic carbocycles. The van der Waals surface area contributed by atoms with Gasteiger partial charge >= 0.3 is 5.97 Å². The lowest BCUT2D eigenvalue weighted by atomic mass is 10.1. The highest BCUT2D eigenvalue weighted by molar-refractivity contribution is 14.1. The Morgan fingerprint density at radius 1 is 1.44 bits per heavy atom. The maximum Gasteiger partial charge on any atom is 0.379 e. The number of hydrogen-bond acceptors (Lipinski definition) is 4. The molecule has 6 heteroatoms. The first-order valence-electron chi connectivity index (χ1n) is 5.21. The molecule has 0 radical (unpaired) electrons. The van der Waals surface area contributed by atoms with E-state index in [0.29, 0.717) is 11.3 Å². The summed E-state index contributed by atoms with van der Waals surface area (Å²) >= 11 is 2.06. The summed E-state index contributed by atoms with van der Waals surface area (Å²) < 4.78 is 7.07. The zero-order valence-corrected chi connectivity index (χ0v) is 12.3. The van der Waals surface area contributed by atoms with E-state index in [4.69, 9.17) is 0 Å². The molecule has 0 fully saturated rings. The largest absolute Gasteiger partial charge is 0.463 e. The number of nitrogens with zero attached hydrogens (tertiary/aromatic N) is 2. The van der Waals surface area contributed by atoms with E-state index in [1.54, 1.807) is 6.92 Å². The first kappa shape index (κ1) is 13.0. The van der Waals surface area contributed by atoms with Crippen LogP contribution in [0.4, 0.5) is 0 Å². The van der Waals surface area contributed by atoms with E-state index < -0.39 is 11.8 Å². The number of carbonyl (C=O) groups excluding carboxylic acids is 2. The van der Waals surface area contributed by atoms with Gasteiger partial charge in [-0.25, -0.2) is 9.78 Å². The molecule has 0 unspecified atom stereocenters. The van der Waals surface area contributed by atoms with Gasteiger partial charge in [0.2, 0.25) is 0 Å². The van der Waals surface area contributed by atoms with Crippen molar-refractivity contribution >= 4 is 45.4 Å². The molecule has 0 atom stereocenters. The molecule has 94 valence electrons. The molecule has 0 saturated carbocycles. The quantitative estimate of drug-likeness (QED) is 0.356. The third-order valence-electron chi connectivity index (χ3n) is 2.73. The van der Waals surface area contributed by atoms with Crippen molar-refractivity contribution in [1.29, 1.82) is 0 Å². The summed E-state index contributed by atoms with van der Waals surface area (Å²) in [6.45, 7) is 1.71. The first-order valence-corrected chi connectivity index (χ1v) is 6.29. The van der Waals surface area contributed by atoms with Crippen LogP contribution in [0.3, 0.4) is 0 Å². The summed E-state index contributed by atoms with van der Waals surface area (Å²) in [4.78, 5) is 27.7. The molecule has 2 aromatic rings. The number of ether oxygens (including phenoxy) is 1. The average molecular weight is 358 g/mol. The maximum absolute atomic E-state index is 11.9. The highest BCUT2D eigenvalue weighted by atomic mass is 127. The molecular weight excluding hydrogens is 347 g/mol. The summed E-state index contributed by atoms with van der Waals surface area (Å²) in [5, 5.41) is 0.857. The fourth-order valence-corrected chi connectivity index (χ4v) is 2.86. The fraction of sp³-hybridized carbons (Fsp3) is 0.250. The van der Waals surface area contributed by atoms with Crippen LogP contribution in [0.1, 0.15) is 16.1 Å². The predicted molar refractivity (Wildman–Crippen MR) is 74.5 cm³/mol. The summed E-state index contributed by atoms with van der Waals surface area (Å²) in [5.74, 6) is -1.52. The predicted octanol–water partition coefficient (Wildman–Crippen LogP) is 1.84. The molecule has 0 aliphatic heterocycles. The topological polar surface area (TPSA) is 61.2 Å². The van der Waals surface area contributed by atoms with E-state index in [1.165, 1.54) is 7.11 Å². The lowest BCUT2D eigenvalue weighted by Crippen LogP contribution is -2.19. The van der Waals surface area contributed by atoms with Gasteiger partial charge < -0.3 is 9.30 Å². The standard InChI is InChI=1S/C12H11IN2O3/c1-6-8(10(16)12(17)18-3)9(13)7-4-5-15(2)11(7)14-6/h4-5H,1-3H3. The third-order valence-corrected chi connectivity index (χ3v) is 3.85. The lowest BCUT2D eigenvalue weighted by Gasteiger charge is -2.07. The molecule has 5 nitrogen and oxygen atoms in total. The Morgan fingerprint density at radius 2 is 2.11 bits per heavy atom. The van der Waals surface area contributed by atoms with E-state index in [-0.39, 0.29) is 0 Å². The van der Waals surface area contributed by atoms with E-state index in [9.17, 15) is 9.59 Å². The Labute approximate surface area is 117 Å². The number of carbonyl (C=O) groups is 2. The first-order chi connectivity index (χ1) is 8.47. The Bertz CT molecular complexity index is 661. The number of esters is 1. The van der Waals surface area contributed by atoms with E-state index in [1.807, 2.05) is 23.9 Å². The fourth-order valence-electron chi connectivity index (χ4n) is 1.80. The number of pyridine rings is 1. The van der Waals surface area contributed by atoms with Crippen LogP contribution in [-0.2, 0) is 16.6 Å². The summed E-state index contributed by atoms with van der Waals surface area (Å²) in [7, 11) is 3.07. The van der Waals surface area contributed by atoms with Crippen molar-refractivity contribution in [3.8, 4) is 0 Å². The van der Waals surface area contributed by atoms with Crippen molar-refractivity contribution < 1.29 is 14.3 Å². The smallest absolute Gasteiger partial charge is 0.379 e. The SMILES string of the molecule is COC(=O)C(=O)c1c(C)nc2c(ccn2C)c1I. The van der Waals surface area contributed by atoms with Gasteiger partial charge in [-0.05, 0) is 35.6 Å². The third kappa shape index (κ3) is 1.90. The summed E-state index contributed by atoms with van der Waals surface area (Å²) in [6.07, 6.45) is 1.87. The molecule has 2 heterocycles. The Balaban J connectivity index is 2.72. The van der Waals surface area contributed by atoms with E-state index in [0.717, 1.165) is 14.6 Å². The zero-order valence-electron chi connectivity index (χ0n) is 10.2. The average Bonchev–Trinajstić information content (AvgIpc) is 2.70. The zero-order chi connectivity index (χ0) is 13.4. The Morgan fingerprint density at radius 3 is 2.72 bits per heavy atom. The van der Waals surface area contributed by atoms with Crippen LogP contribution in [-0.4, -0.2) is 28.4 Å². The number of fused-ring (bicyclic) bond motifs is 1. The van der Waals surface area contributed by atoms with Gasteiger partial charge in [-0.15, -0.1) is 0 Å². The van der Waals surface area contributed by atoms with Crippen LogP contribution in [0.5, 0.6) is 0 Å². The molecule has 0 spiro atoms. The van der Waals surface area contributed by atoms with Gasteiger partial charge in [0.05, 0.1) is 18.4 Å². The highest BCUT2D eigenvalue weighted by Crippen LogP contribution is 2.26. The van der Waals surface area contributed by atoms with Gasteiger partial charge in [-0.2, -0.15) is 0 Å². The van der Waals surface area contributed by atoms with Crippen LogP contribution < -0.4 is 0 Å². The van der Waals surface area contributed by atoms with Crippen LogP contribution in [0.25, 0.3) is 11.0 Å². The van der Waals surface area contributed by atoms with Crippen LogP contribution in [0.2, 0.25) is 0 Å². The second-order valence-corrected chi connectivity index (χ2v) is 4.95. The van der Waals surface area contributed by atoms with Gasteiger partial charge in [0.25, 0.3) is 5.78 Å². The lowest BCUT2D eigenvalue weighted by molar-refractivity contribution is -0.135. The Hall–Kier alpha value is -1.44. The van der Waals surface area contributed by atoms with Crippen LogP contribution in [0.15, 0.2) is 12.3 Å². The number of aryl methyl sites for hydroxylation is 2. The minimum absolute atomic E-state index is 0.321. The van der Waals surface area contributed by atoms with Gasteiger partial charge in [0.15, 0.2) is 0 Å². The van der Waals surface area contributed by atoms with Crippen LogP contribution >= 0.6 is 22.6 Å². The van der Waals surface area contributed by atoms with Gasteiger partial charge in [-0.3, -0.25) is 4.79 Å². The van der Waals surface area contributed by atoms with Crippen molar-refractivity contribution in [2.24, 2.45) is 7.05 Å². The van der Waals surface area contributed by atoms with Crippen molar-refractivity contribution in [3.63, 3.8) is 0 Å². The molecular formula is C12H11IN2O3. The molecule has 2 aromatic heterocycles. The number of rotatable bonds is 2. The Kier molecular flexibility index (Phi) is 3.38. The van der Waals surface area contributed by atoms with Crippen LogP contribution in [0, 0.1) is 10.5 Å². The number of Topliss-reactive ketones (excluding diaryl/α,β-unsaturated/α-hetero) is 1. The van der Waals surface area contributed by atoms with Crippen molar-refractivity contribution in [2.45, 2.75) is 6.92 Å². The molecule has 0 aromatic carbocycles. The minimum atomic E-state index is -0.868. The number of methoxy groups -OCH3 is 1. The van der Waals surface area contributed by atoms with E-state index >= 15 is 0 Å². The summed E-state index contributed by atoms with van der Waals surface area (Å²) in [5.41, 5.74) is 1.64. The normalized spacial score (nSPS) is 10.7. The molecule has 18 heavy (non-hydrogen) atoms. The molecule has 0 aliphatic rings. The number of ketones is 1. The number of hydrogen-bond donors (Lipinski definition) is 0. The number of halogens is 1. The maximum atomic E-state index is 11.9. The number of aromatic nitrogens is 2. The van der Waals surface area contributed by atoms with E-state index in [2.05, 4.69) is 32.3 Å². The molecule has 0 N–H and O–H groups in total. The molecule has 0 bridgehead atoms. The second kappa shape index (κ2) is 4.68. The second-order valence-electron chi connectivity index (χ2n) is 3.87. The van der Waals surface area contributed by atoms with Crippen molar-refractivity contribution in [1.82, 2.24) is 9.55 Å². The molecule has 2 rings (SSSR count). The van der Waals surface area contributed by atoms with Crippen molar-refractivity contribution in [3.05, 3.63) is 27.1 Å². The molecule has 0 saturated heterocycles. The summed E-state index contributed by atoms with van der Waals surface area (Å²) in [6, 6.07) is 1.87. The highest BCUT2D eigenvalue weighted by Gasteiger charge is 2.24. The monoisotopic (exact) mass is 358 g/mol. The van der Waals surface area contributed by atoms with Gasteiger partial charge in [0.1, 0.15) is 5.65 Å². The van der Waals surface area contributed by atoms with Gasteiger partial charge in [-0.1, -0.05) is 0 Å². The van der Waals surface area contributed by atoms with Crippen molar-refractivity contribution in [2.75, 3.05) is 7.11 Å². The molecule has 0 amide bonds. The van der Waals surface area contributed by atoms with Gasteiger partial charge in [0, 0.05) is 22.2 Å². The minimum Gasteiger partial charge on any atom is -0.463 e.